The highest BCUT2D eigenvalue weighted by Gasteiger charge is 2.30. The van der Waals surface area contributed by atoms with Crippen LogP contribution in [0.5, 0.6) is 5.75 Å². The zero-order chi connectivity index (χ0) is 15.5. The van der Waals surface area contributed by atoms with Gasteiger partial charge in [0.1, 0.15) is 5.75 Å². The van der Waals surface area contributed by atoms with Crippen LogP contribution in [0.15, 0.2) is 24.3 Å². The summed E-state index contributed by atoms with van der Waals surface area (Å²) in [6.45, 7) is 3.07. The van der Waals surface area contributed by atoms with Gasteiger partial charge in [-0.1, -0.05) is 12.1 Å². The maximum atomic E-state index is 12.6. The highest BCUT2D eigenvalue weighted by molar-refractivity contribution is 7.88. The van der Waals surface area contributed by atoms with E-state index in [0.717, 1.165) is 18.4 Å². The van der Waals surface area contributed by atoms with Gasteiger partial charge in [0.25, 0.3) is 0 Å². The first-order valence-electron chi connectivity index (χ1n) is 7.28. The van der Waals surface area contributed by atoms with E-state index in [-0.39, 0.29) is 17.7 Å². The average Bonchev–Trinajstić information content (AvgIpc) is 2.47. The Morgan fingerprint density at radius 1 is 1.48 bits per heavy atom. The maximum Gasteiger partial charge on any atom is 0.218 e. The number of nitrogens with zero attached hydrogens (tertiary/aromatic N) is 1. The van der Waals surface area contributed by atoms with Crippen LogP contribution in [0.25, 0.3) is 0 Å². The van der Waals surface area contributed by atoms with E-state index in [4.69, 9.17) is 10.5 Å². The highest BCUT2D eigenvalue weighted by Crippen LogP contribution is 2.23. The summed E-state index contributed by atoms with van der Waals surface area (Å²) >= 11 is 0. The average molecular weight is 312 g/mol. The van der Waals surface area contributed by atoms with Crippen molar-refractivity contribution in [3.8, 4) is 5.75 Å². The smallest absolute Gasteiger partial charge is 0.218 e. The van der Waals surface area contributed by atoms with Gasteiger partial charge in [-0.15, -0.1) is 0 Å². The molecule has 0 aliphatic carbocycles. The van der Waals surface area contributed by atoms with Crippen molar-refractivity contribution in [1.29, 1.82) is 0 Å². The summed E-state index contributed by atoms with van der Waals surface area (Å²) in [7, 11) is -1.73. The predicted octanol–water partition coefficient (Wildman–Crippen LogP) is 1.58. The first-order chi connectivity index (χ1) is 9.92. The summed E-state index contributed by atoms with van der Waals surface area (Å²) in [6, 6.07) is 7.23. The van der Waals surface area contributed by atoms with Crippen molar-refractivity contribution in [2.45, 2.75) is 31.6 Å². The summed E-state index contributed by atoms with van der Waals surface area (Å²) in [5.74, 6) is 0.934. The Morgan fingerprint density at radius 2 is 2.24 bits per heavy atom. The van der Waals surface area contributed by atoms with Crippen LogP contribution in [0.3, 0.4) is 0 Å². The molecular weight excluding hydrogens is 288 g/mol. The van der Waals surface area contributed by atoms with Crippen LogP contribution in [-0.4, -0.2) is 39.0 Å². The summed E-state index contributed by atoms with van der Waals surface area (Å²) in [5, 5.41) is 0. The van der Waals surface area contributed by atoms with Crippen LogP contribution in [0.4, 0.5) is 0 Å². The van der Waals surface area contributed by atoms with Gasteiger partial charge in [-0.25, -0.2) is 12.7 Å². The van der Waals surface area contributed by atoms with E-state index < -0.39 is 10.0 Å². The zero-order valence-corrected chi connectivity index (χ0v) is 13.5. The Labute approximate surface area is 127 Å². The van der Waals surface area contributed by atoms with Crippen LogP contribution >= 0.6 is 0 Å². The fourth-order valence-corrected chi connectivity index (χ4v) is 4.33. The van der Waals surface area contributed by atoms with Gasteiger partial charge in [0.15, 0.2) is 0 Å². The third kappa shape index (κ3) is 4.18. The van der Waals surface area contributed by atoms with Gasteiger partial charge in [-0.05, 0) is 43.4 Å². The lowest BCUT2D eigenvalue weighted by atomic mass is 9.93. The minimum absolute atomic E-state index is 0.00979. The SMILES string of the molecule is COc1cccc(CS(=O)(=O)N2CCCC(C(C)N)C2)c1. The molecule has 1 aromatic carbocycles. The molecule has 5 nitrogen and oxygen atoms in total. The fourth-order valence-electron chi connectivity index (χ4n) is 2.72. The number of hydrogen-bond donors (Lipinski definition) is 1. The predicted molar refractivity (Wildman–Crippen MR) is 83.6 cm³/mol. The van der Waals surface area contributed by atoms with Gasteiger partial charge < -0.3 is 10.5 Å². The van der Waals surface area contributed by atoms with Crippen molar-refractivity contribution in [2.24, 2.45) is 11.7 Å². The lowest BCUT2D eigenvalue weighted by molar-refractivity contribution is 0.243. The Morgan fingerprint density at radius 3 is 2.90 bits per heavy atom. The highest BCUT2D eigenvalue weighted by atomic mass is 32.2. The van der Waals surface area contributed by atoms with Crippen molar-refractivity contribution in [2.75, 3.05) is 20.2 Å². The molecule has 2 N–H and O–H groups in total. The van der Waals surface area contributed by atoms with Crippen LogP contribution in [-0.2, 0) is 15.8 Å². The second-order valence-corrected chi connectivity index (χ2v) is 7.70. The van der Waals surface area contributed by atoms with Gasteiger partial charge in [0.2, 0.25) is 10.0 Å². The summed E-state index contributed by atoms with van der Waals surface area (Å²) in [6.07, 6.45) is 1.88. The number of hydrogen-bond acceptors (Lipinski definition) is 4. The van der Waals surface area contributed by atoms with Crippen molar-refractivity contribution in [3.05, 3.63) is 29.8 Å². The topological polar surface area (TPSA) is 72.6 Å². The molecule has 0 bridgehead atoms. The number of rotatable bonds is 5. The van der Waals surface area contributed by atoms with Gasteiger partial charge in [0.05, 0.1) is 12.9 Å². The van der Waals surface area contributed by atoms with Gasteiger partial charge in [0, 0.05) is 19.1 Å². The van der Waals surface area contributed by atoms with Gasteiger partial charge in [-0.3, -0.25) is 0 Å². The third-order valence-corrected chi connectivity index (χ3v) is 5.86. The molecule has 6 heteroatoms. The molecular formula is C15H24N2O3S. The molecule has 21 heavy (non-hydrogen) atoms. The Balaban J connectivity index is 2.10. The van der Waals surface area contributed by atoms with Gasteiger partial charge >= 0.3 is 0 Å². The van der Waals surface area contributed by atoms with Crippen LogP contribution in [0.2, 0.25) is 0 Å². The number of ether oxygens (including phenoxy) is 1. The number of piperidine rings is 1. The molecule has 1 fully saturated rings. The van der Waals surface area contributed by atoms with Crippen LogP contribution in [0.1, 0.15) is 25.3 Å². The molecule has 1 heterocycles. The maximum absolute atomic E-state index is 12.6. The van der Waals surface area contributed by atoms with E-state index in [1.54, 1.807) is 17.5 Å². The second kappa shape index (κ2) is 6.77. The van der Waals surface area contributed by atoms with Gasteiger partial charge in [-0.2, -0.15) is 0 Å². The molecule has 2 unspecified atom stereocenters. The fraction of sp³-hybridized carbons (Fsp3) is 0.600. The first-order valence-corrected chi connectivity index (χ1v) is 8.89. The Hall–Kier alpha value is -1.11. The van der Waals surface area contributed by atoms with Crippen molar-refractivity contribution < 1.29 is 13.2 Å². The van der Waals surface area contributed by atoms with Crippen LogP contribution in [0, 0.1) is 5.92 Å². The normalized spacial score (nSPS) is 22.0. The number of nitrogens with two attached hydrogens (primary N) is 1. The molecule has 0 saturated carbocycles. The number of sulfonamides is 1. The summed E-state index contributed by atoms with van der Waals surface area (Å²) in [4.78, 5) is 0. The summed E-state index contributed by atoms with van der Waals surface area (Å²) < 4.78 is 31.9. The minimum atomic E-state index is -3.31. The summed E-state index contributed by atoms with van der Waals surface area (Å²) in [5.41, 5.74) is 6.67. The third-order valence-electron chi connectivity index (χ3n) is 4.04. The van der Waals surface area contributed by atoms with Crippen molar-refractivity contribution in [1.82, 2.24) is 4.31 Å². The Bertz CT molecular complexity index is 572. The lowest BCUT2D eigenvalue weighted by Gasteiger charge is -2.33. The second-order valence-electron chi connectivity index (χ2n) is 5.73. The number of benzene rings is 1. The molecule has 1 saturated heterocycles. The standard InChI is InChI=1S/C15H24N2O3S/c1-12(16)14-6-4-8-17(10-14)21(18,19)11-13-5-3-7-15(9-13)20-2/h3,5,7,9,12,14H,4,6,8,10-11,16H2,1-2H3. The van der Waals surface area contributed by atoms with Crippen molar-refractivity contribution in [3.63, 3.8) is 0 Å². The van der Waals surface area contributed by atoms with Crippen molar-refractivity contribution >= 4 is 10.0 Å². The van der Waals surface area contributed by atoms with Crippen LogP contribution < -0.4 is 10.5 Å². The molecule has 0 radical (unpaired) electrons. The monoisotopic (exact) mass is 312 g/mol. The van der Waals surface area contributed by atoms with E-state index in [1.165, 1.54) is 0 Å². The zero-order valence-electron chi connectivity index (χ0n) is 12.7. The molecule has 2 atom stereocenters. The van der Waals surface area contributed by atoms with E-state index in [9.17, 15) is 8.42 Å². The van der Waals surface area contributed by atoms with E-state index in [2.05, 4.69) is 0 Å². The quantitative estimate of drug-likeness (QED) is 0.896. The molecule has 2 rings (SSSR count). The largest absolute Gasteiger partial charge is 0.497 e. The molecule has 0 aromatic heterocycles. The molecule has 0 spiro atoms. The Kier molecular flexibility index (Phi) is 5.24. The molecule has 118 valence electrons. The molecule has 1 aliphatic rings. The molecule has 1 aliphatic heterocycles. The minimum Gasteiger partial charge on any atom is -0.497 e. The molecule has 1 aromatic rings. The van der Waals surface area contributed by atoms with E-state index in [0.29, 0.717) is 18.8 Å². The van der Waals surface area contributed by atoms with E-state index in [1.807, 2.05) is 25.1 Å². The lowest BCUT2D eigenvalue weighted by Crippen LogP contribution is -2.45. The number of methoxy groups -OCH3 is 1. The first kappa shape index (κ1) is 16.3. The van der Waals surface area contributed by atoms with E-state index >= 15 is 0 Å². The molecule has 0 amide bonds.